The van der Waals surface area contributed by atoms with Crippen LogP contribution in [0.5, 0.6) is 0 Å². The minimum atomic E-state index is -0.237. The Morgan fingerprint density at radius 2 is 1.94 bits per heavy atom. The maximum atomic E-state index is 9.33. The summed E-state index contributed by atoms with van der Waals surface area (Å²) in [6.45, 7) is 8.62. The number of hydrogen-bond acceptors (Lipinski definition) is 3. The van der Waals surface area contributed by atoms with Gasteiger partial charge in [0.05, 0.1) is 6.07 Å². The lowest BCUT2D eigenvalue weighted by Gasteiger charge is -2.37. The molecule has 0 atom stereocenters. The Morgan fingerprint density at radius 1 is 1.25 bits per heavy atom. The van der Waals surface area contributed by atoms with Gasteiger partial charge in [-0.05, 0) is 32.4 Å². The summed E-state index contributed by atoms with van der Waals surface area (Å²) >= 11 is 0. The lowest BCUT2D eigenvalue weighted by molar-refractivity contribution is 0.173. The second-order valence-electron chi connectivity index (χ2n) is 4.76. The van der Waals surface area contributed by atoms with E-state index in [2.05, 4.69) is 30.1 Å². The number of hydrogen-bond donors (Lipinski definition) is 1. The monoisotopic (exact) mass is 223 g/mol. The van der Waals surface area contributed by atoms with E-state index in [-0.39, 0.29) is 5.54 Å². The number of rotatable bonds is 6. The lowest BCUT2D eigenvalue weighted by atomic mass is 9.89. The SMILES string of the molecule is CCCCCNC1(C#N)CCN(CC)CC1. The zero-order valence-electron chi connectivity index (χ0n) is 10.8. The first-order chi connectivity index (χ1) is 7.76. The Hall–Kier alpha value is -0.590. The van der Waals surface area contributed by atoms with Crippen molar-refractivity contribution in [2.24, 2.45) is 0 Å². The Morgan fingerprint density at radius 3 is 2.44 bits per heavy atom. The van der Waals surface area contributed by atoms with Crippen LogP contribution < -0.4 is 5.32 Å². The summed E-state index contributed by atoms with van der Waals surface area (Å²) in [7, 11) is 0. The molecule has 3 heteroatoms. The molecule has 1 fully saturated rings. The summed E-state index contributed by atoms with van der Waals surface area (Å²) in [5.41, 5.74) is -0.237. The van der Waals surface area contributed by atoms with Gasteiger partial charge in [-0.25, -0.2) is 0 Å². The number of nitriles is 1. The first-order valence-electron chi connectivity index (χ1n) is 6.65. The highest BCUT2D eigenvalue weighted by atomic mass is 15.1. The highest BCUT2D eigenvalue weighted by molar-refractivity contribution is 5.09. The highest BCUT2D eigenvalue weighted by Crippen LogP contribution is 2.21. The van der Waals surface area contributed by atoms with E-state index >= 15 is 0 Å². The molecule has 16 heavy (non-hydrogen) atoms. The van der Waals surface area contributed by atoms with Crippen LogP contribution in [0.2, 0.25) is 0 Å². The molecule has 0 aromatic carbocycles. The summed E-state index contributed by atoms with van der Waals surface area (Å²) in [5.74, 6) is 0. The van der Waals surface area contributed by atoms with Crippen molar-refractivity contribution in [1.82, 2.24) is 10.2 Å². The van der Waals surface area contributed by atoms with Crippen molar-refractivity contribution < 1.29 is 0 Å². The van der Waals surface area contributed by atoms with Gasteiger partial charge in [0.2, 0.25) is 0 Å². The van der Waals surface area contributed by atoms with Crippen molar-refractivity contribution in [3.05, 3.63) is 0 Å². The second kappa shape index (κ2) is 6.88. The van der Waals surface area contributed by atoms with Crippen LogP contribution in [0.3, 0.4) is 0 Å². The molecule has 1 saturated heterocycles. The van der Waals surface area contributed by atoms with E-state index in [0.29, 0.717) is 0 Å². The normalized spacial score (nSPS) is 20.6. The number of unbranched alkanes of at least 4 members (excludes halogenated alkanes) is 2. The molecule has 0 aromatic heterocycles. The minimum absolute atomic E-state index is 0.237. The molecule has 1 aliphatic rings. The van der Waals surface area contributed by atoms with Crippen LogP contribution in [0, 0.1) is 11.3 Å². The smallest absolute Gasteiger partial charge is 0.109 e. The van der Waals surface area contributed by atoms with Crippen molar-refractivity contribution in [2.75, 3.05) is 26.2 Å². The van der Waals surface area contributed by atoms with Crippen LogP contribution in [0.4, 0.5) is 0 Å². The van der Waals surface area contributed by atoms with E-state index in [9.17, 15) is 5.26 Å². The molecule has 1 aliphatic heterocycles. The van der Waals surface area contributed by atoms with Gasteiger partial charge in [-0.15, -0.1) is 0 Å². The van der Waals surface area contributed by atoms with Crippen LogP contribution in [0.15, 0.2) is 0 Å². The topological polar surface area (TPSA) is 39.1 Å². The third kappa shape index (κ3) is 3.77. The third-order valence-corrected chi connectivity index (χ3v) is 3.61. The fourth-order valence-corrected chi connectivity index (χ4v) is 2.28. The van der Waals surface area contributed by atoms with Gasteiger partial charge < -0.3 is 4.90 Å². The van der Waals surface area contributed by atoms with Gasteiger partial charge in [-0.3, -0.25) is 5.32 Å². The number of likely N-dealkylation sites (tertiary alicyclic amines) is 1. The summed E-state index contributed by atoms with van der Waals surface area (Å²) in [6, 6.07) is 2.50. The molecule has 1 rings (SSSR count). The Bertz CT molecular complexity index is 224. The standard InChI is InChI=1S/C13H25N3/c1-3-5-6-9-15-13(12-14)7-10-16(4-2)11-8-13/h15H,3-11H2,1-2H3. The van der Waals surface area contributed by atoms with Crippen LogP contribution in [-0.4, -0.2) is 36.6 Å². The number of piperidine rings is 1. The first-order valence-corrected chi connectivity index (χ1v) is 6.65. The van der Waals surface area contributed by atoms with Crippen molar-refractivity contribution in [3.8, 4) is 6.07 Å². The lowest BCUT2D eigenvalue weighted by Crippen LogP contribution is -2.52. The van der Waals surface area contributed by atoms with Gasteiger partial charge in [-0.1, -0.05) is 26.7 Å². The highest BCUT2D eigenvalue weighted by Gasteiger charge is 2.33. The average Bonchev–Trinajstić information content (AvgIpc) is 2.35. The van der Waals surface area contributed by atoms with Crippen LogP contribution >= 0.6 is 0 Å². The molecule has 1 N–H and O–H groups in total. The van der Waals surface area contributed by atoms with Crippen LogP contribution in [-0.2, 0) is 0 Å². The summed E-state index contributed by atoms with van der Waals surface area (Å²) in [6.07, 6.45) is 5.64. The molecule has 1 heterocycles. The van der Waals surface area contributed by atoms with E-state index in [4.69, 9.17) is 0 Å². The predicted octanol–water partition coefficient (Wildman–Crippen LogP) is 2.14. The summed E-state index contributed by atoms with van der Waals surface area (Å²) in [5, 5.41) is 12.8. The fraction of sp³-hybridized carbons (Fsp3) is 0.923. The largest absolute Gasteiger partial charge is 0.303 e. The third-order valence-electron chi connectivity index (χ3n) is 3.61. The van der Waals surface area contributed by atoms with Crippen LogP contribution in [0.25, 0.3) is 0 Å². The van der Waals surface area contributed by atoms with E-state index in [1.807, 2.05) is 0 Å². The molecule has 0 saturated carbocycles. The Labute approximate surface area is 99.8 Å². The first kappa shape index (κ1) is 13.5. The van der Waals surface area contributed by atoms with E-state index in [1.165, 1.54) is 19.3 Å². The number of nitrogens with zero attached hydrogens (tertiary/aromatic N) is 2. The van der Waals surface area contributed by atoms with Gasteiger partial charge in [0, 0.05) is 13.1 Å². The molecule has 92 valence electrons. The van der Waals surface area contributed by atoms with E-state index in [0.717, 1.165) is 39.0 Å². The molecule has 0 unspecified atom stereocenters. The summed E-state index contributed by atoms with van der Waals surface area (Å²) in [4.78, 5) is 2.42. The Balaban J connectivity index is 2.32. The maximum Gasteiger partial charge on any atom is 0.109 e. The number of nitrogens with one attached hydrogen (secondary N) is 1. The quantitative estimate of drug-likeness (QED) is 0.701. The van der Waals surface area contributed by atoms with E-state index in [1.54, 1.807) is 0 Å². The second-order valence-corrected chi connectivity index (χ2v) is 4.76. The Kier molecular flexibility index (Phi) is 5.79. The fourth-order valence-electron chi connectivity index (χ4n) is 2.28. The molecule has 0 radical (unpaired) electrons. The molecule has 0 bridgehead atoms. The van der Waals surface area contributed by atoms with Gasteiger partial charge >= 0.3 is 0 Å². The van der Waals surface area contributed by atoms with Gasteiger partial charge in [0.15, 0.2) is 0 Å². The zero-order chi connectivity index (χ0) is 11.9. The minimum Gasteiger partial charge on any atom is -0.303 e. The van der Waals surface area contributed by atoms with Gasteiger partial charge in [0.25, 0.3) is 0 Å². The molecule has 0 aliphatic carbocycles. The van der Waals surface area contributed by atoms with Crippen molar-refractivity contribution in [1.29, 1.82) is 5.26 Å². The van der Waals surface area contributed by atoms with Gasteiger partial charge in [-0.2, -0.15) is 5.26 Å². The zero-order valence-corrected chi connectivity index (χ0v) is 10.8. The van der Waals surface area contributed by atoms with Crippen molar-refractivity contribution in [3.63, 3.8) is 0 Å². The molecular weight excluding hydrogens is 198 g/mol. The average molecular weight is 223 g/mol. The van der Waals surface area contributed by atoms with Crippen molar-refractivity contribution >= 4 is 0 Å². The molecule has 0 amide bonds. The maximum absolute atomic E-state index is 9.33. The summed E-state index contributed by atoms with van der Waals surface area (Å²) < 4.78 is 0. The van der Waals surface area contributed by atoms with Gasteiger partial charge in [0.1, 0.15) is 5.54 Å². The van der Waals surface area contributed by atoms with Crippen LogP contribution in [0.1, 0.15) is 46.0 Å². The molecular formula is C13H25N3. The molecule has 0 spiro atoms. The van der Waals surface area contributed by atoms with Crippen molar-refractivity contribution in [2.45, 2.75) is 51.5 Å². The van der Waals surface area contributed by atoms with E-state index < -0.39 is 0 Å². The predicted molar refractivity (Wildman–Crippen MR) is 67.2 cm³/mol. The molecule has 0 aromatic rings. The molecule has 3 nitrogen and oxygen atoms in total.